The summed E-state index contributed by atoms with van der Waals surface area (Å²) in [5.74, 6) is -0.778. The fourth-order valence-electron chi connectivity index (χ4n) is 3.16. The second-order valence-corrected chi connectivity index (χ2v) is 6.54. The quantitative estimate of drug-likeness (QED) is 0.645. The van der Waals surface area contributed by atoms with Crippen molar-refractivity contribution in [2.45, 2.75) is 20.3 Å². The van der Waals surface area contributed by atoms with Crippen LogP contribution in [0.5, 0.6) is 5.75 Å². The van der Waals surface area contributed by atoms with E-state index in [0.717, 1.165) is 5.56 Å². The minimum atomic E-state index is -0.816. The number of urea groups is 1. The molecule has 0 aromatic heterocycles. The number of methoxy groups -OCH3 is 1. The van der Waals surface area contributed by atoms with Crippen molar-refractivity contribution in [1.29, 1.82) is 0 Å². The zero-order chi connectivity index (χ0) is 19.6. The molecule has 1 fully saturated rings. The molecule has 1 aliphatic rings. The number of ether oxygens (including phenoxy) is 1. The number of nitrogens with one attached hydrogen (secondary N) is 2. The average Bonchev–Trinajstić information content (AvgIpc) is 2.58. The van der Waals surface area contributed by atoms with Gasteiger partial charge in [-0.3, -0.25) is 20.2 Å². The number of imide groups is 2. The summed E-state index contributed by atoms with van der Waals surface area (Å²) in [7, 11) is 1.58. The first kappa shape index (κ1) is 18.4. The third-order valence-corrected chi connectivity index (χ3v) is 4.24. The molecule has 6 nitrogen and oxygen atoms in total. The molecule has 0 unspecified atom stereocenters. The number of benzene rings is 2. The lowest BCUT2D eigenvalue weighted by molar-refractivity contribution is -0.123. The Kier molecular flexibility index (Phi) is 5.07. The summed E-state index contributed by atoms with van der Waals surface area (Å²) < 4.78 is 5.49. The number of barbiturate groups is 1. The minimum Gasteiger partial charge on any atom is -0.496 e. The Balaban J connectivity index is 1.90. The van der Waals surface area contributed by atoms with E-state index in [-0.39, 0.29) is 5.57 Å². The lowest BCUT2D eigenvalue weighted by Crippen LogP contribution is -2.51. The van der Waals surface area contributed by atoms with Crippen LogP contribution in [-0.4, -0.2) is 25.0 Å². The summed E-state index contributed by atoms with van der Waals surface area (Å²) in [5.41, 5.74) is 5.09. The first-order valence-corrected chi connectivity index (χ1v) is 8.48. The summed E-state index contributed by atoms with van der Waals surface area (Å²) in [4.78, 5) is 34.8. The van der Waals surface area contributed by atoms with Crippen molar-refractivity contribution < 1.29 is 19.1 Å². The molecule has 0 saturated carbocycles. The lowest BCUT2D eigenvalue weighted by Gasteiger charge is -2.14. The molecule has 1 saturated heterocycles. The standard InChI is InChI=1S/C21H20N2O4/c1-12-6-13(2)8-15(7-12)9-16-5-4-14(11-18(16)27-3)10-17-19(24)22-21(26)23-20(17)25/h4-8,10-11H,9H2,1-3H3,(H2,22,23,24,25,26). The van der Waals surface area contributed by atoms with Gasteiger partial charge < -0.3 is 4.74 Å². The predicted octanol–water partition coefficient (Wildman–Crippen LogP) is 2.65. The Bertz CT molecular complexity index is 934. The van der Waals surface area contributed by atoms with Crippen molar-refractivity contribution in [1.82, 2.24) is 10.6 Å². The fourth-order valence-corrected chi connectivity index (χ4v) is 3.16. The summed E-state index contributed by atoms with van der Waals surface area (Å²) in [6.07, 6.45) is 2.14. The smallest absolute Gasteiger partial charge is 0.328 e. The fraction of sp³-hybridized carbons (Fsp3) is 0.190. The van der Waals surface area contributed by atoms with E-state index >= 15 is 0 Å². The first-order valence-electron chi connectivity index (χ1n) is 8.48. The van der Waals surface area contributed by atoms with Gasteiger partial charge in [-0.2, -0.15) is 0 Å². The SMILES string of the molecule is COc1cc(C=C2C(=O)NC(=O)NC2=O)ccc1Cc1cc(C)cc(C)c1. The molecule has 2 aromatic rings. The molecular formula is C21H20N2O4. The van der Waals surface area contributed by atoms with Crippen molar-refractivity contribution >= 4 is 23.9 Å². The van der Waals surface area contributed by atoms with Crippen LogP contribution < -0.4 is 15.4 Å². The highest BCUT2D eigenvalue weighted by Crippen LogP contribution is 2.25. The van der Waals surface area contributed by atoms with Crippen molar-refractivity contribution in [3.05, 3.63) is 69.8 Å². The van der Waals surface area contributed by atoms with Gasteiger partial charge in [-0.1, -0.05) is 41.5 Å². The predicted molar refractivity (Wildman–Crippen MR) is 101 cm³/mol. The molecule has 1 heterocycles. The van der Waals surface area contributed by atoms with Gasteiger partial charge >= 0.3 is 6.03 Å². The van der Waals surface area contributed by atoms with Crippen LogP contribution in [0.4, 0.5) is 4.79 Å². The molecular weight excluding hydrogens is 344 g/mol. The van der Waals surface area contributed by atoms with E-state index in [1.54, 1.807) is 13.2 Å². The maximum Gasteiger partial charge on any atom is 0.328 e. The Morgan fingerprint density at radius 2 is 1.56 bits per heavy atom. The van der Waals surface area contributed by atoms with Gasteiger partial charge in [0.05, 0.1) is 7.11 Å². The maximum absolute atomic E-state index is 11.9. The highest BCUT2D eigenvalue weighted by Gasteiger charge is 2.27. The second kappa shape index (κ2) is 7.45. The van der Waals surface area contributed by atoms with Gasteiger partial charge in [0.2, 0.25) is 0 Å². The summed E-state index contributed by atoms with van der Waals surface area (Å²) in [5, 5.41) is 4.11. The molecule has 138 valence electrons. The van der Waals surface area contributed by atoms with Gasteiger partial charge in [0.25, 0.3) is 11.8 Å². The molecule has 3 rings (SSSR count). The summed E-state index contributed by atoms with van der Waals surface area (Å²) >= 11 is 0. The topological polar surface area (TPSA) is 84.5 Å². The number of amides is 4. The van der Waals surface area contributed by atoms with Crippen LogP contribution in [0, 0.1) is 13.8 Å². The number of rotatable bonds is 4. The van der Waals surface area contributed by atoms with Gasteiger partial charge in [-0.25, -0.2) is 4.79 Å². The monoisotopic (exact) mass is 364 g/mol. The number of hydrogen-bond acceptors (Lipinski definition) is 4. The van der Waals surface area contributed by atoms with E-state index in [1.807, 2.05) is 12.1 Å². The molecule has 4 amide bonds. The molecule has 2 N–H and O–H groups in total. The highest BCUT2D eigenvalue weighted by molar-refractivity contribution is 6.31. The van der Waals surface area contributed by atoms with Crippen molar-refractivity contribution in [3.8, 4) is 5.75 Å². The third kappa shape index (κ3) is 4.23. The molecule has 0 atom stereocenters. The van der Waals surface area contributed by atoms with Crippen LogP contribution in [0.15, 0.2) is 42.0 Å². The lowest BCUT2D eigenvalue weighted by atomic mass is 9.98. The van der Waals surface area contributed by atoms with E-state index in [9.17, 15) is 14.4 Å². The van der Waals surface area contributed by atoms with E-state index in [2.05, 4.69) is 42.7 Å². The number of carbonyl (C=O) groups is 3. The average molecular weight is 364 g/mol. The van der Waals surface area contributed by atoms with E-state index in [1.165, 1.54) is 22.8 Å². The summed E-state index contributed by atoms with van der Waals surface area (Å²) in [6, 6.07) is 11.1. The maximum atomic E-state index is 11.9. The molecule has 0 bridgehead atoms. The first-order chi connectivity index (χ1) is 12.9. The third-order valence-electron chi connectivity index (χ3n) is 4.24. The molecule has 1 aliphatic heterocycles. The van der Waals surface area contributed by atoms with Crippen LogP contribution in [-0.2, 0) is 16.0 Å². The number of hydrogen-bond donors (Lipinski definition) is 2. The Morgan fingerprint density at radius 3 is 2.15 bits per heavy atom. The van der Waals surface area contributed by atoms with Gasteiger partial charge in [0, 0.05) is 6.42 Å². The number of carbonyl (C=O) groups excluding carboxylic acids is 3. The summed E-state index contributed by atoms with van der Waals surface area (Å²) in [6.45, 7) is 4.13. The van der Waals surface area contributed by atoms with Crippen molar-refractivity contribution in [2.24, 2.45) is 0 Å². The van der Waals surface area contributed by atoms with E-state index < -0.39 is 17.8 Å². The van der Waals surface area contributed by atoms with Crippen molar-refractivity contribution in [2.75, 3.05) is 7.11 Å². The zero-order valence-corrected chi connectivity index (χ0v) is 15.4. The molecule has 0 radical (unpaired) electrons. The van der Waals surface area contributed by atoms with Gasteiger partial charge in [0.15, 0.2) is 0 Å². The Morgan fingerprint density at radius 1 is 0.926 bits per heavy atom. The van der Waals surface area contributed by atoms with Crippen LogP contribution >= 0.6 is 0 Å². The molecule has 2 aromatic carbocycles. The Labute approximate surface area is 157 Å². The second-order valence-electron chi connectivity index (χ2n) is 6.54. The van der Waals surface area contributed by atoms with Crippen LogP contribution in [0.1, 0.15) is 27.8 Å². The normalized spacial score (nSPS) is 13.9. The van der Waals surface area contributed by atoms with Gasteiger partial charge in [0.1, 0.15) is 11.3 Å². The van der Waals surface area contributed by atoms with Crippen LogP contribution in [0.2, 0.25) is 0 Å². The zero-order valence-electron chi connectivity index (χ0n) is 15.4. The van der Waals surface area contributed by atoms with Gasteiger partial charge in [-0.15, -0.1) is 0 Å². The molecule has 27 heavy (non-hydrogen) atoms. The van der Waals surface area contributed by atoms with E-state index in [4.69, 9.17) is 4.74 Å². The molecule has 6 heteroatoms. The molecule has 0 aliphatic carbocycles. The number of aryl methyl sites for hydroxylation is 2. The Hall–Kier alpha value is -3.41. The van der Waals surface area contributed by atoms with Crippen LogP contribution in [0.25, 0.3) is 6.08 Å². The highest BCUT2D eigenvalue weighted by atomic mass is 16.5. The minimum absolute atomic E-state index is 0.126. The van der Waals surface area contributed by atoms with Crippen molar-refractivity contribution in [3.63, 3.8) is 0 Å². The largest absolute Gasteiger partial charge is 0.496 e. The van der Waals surface area contributed by atoms with E-state index in [0.29, 0.717) is 17.7 Å². The molecule has 0 spiro atoms. The van der Waals surface area contributed by atoms with Gasteiger partial charge in [-0.05, 0) is 42.7 Å². The van der Waals surface area contributed by atoms with Crippen LogP contribution in [0.3, 0.4) is 0 Å².